The first-order valence-corrected chi connectivity index (χ1v) is 7.40. The topological polar surface area (TPSA) is 37.3 Å². The van der Waals surface area contributed by atoms with E-state index in [1.165, 1.54) is 5.56 Å². The van der Waals surface area contributed by atoms with Gasteiger partial charge in [0.1, 0.15) is 0 Å². The van der Waals surface area contributed by atoms with Crippen molar-refractivity contribution in [3.63, 3.8) is 0 Å². The molecule has 4 heteroatoms. The van der Waals surface area contributed by atoms with Crippen LogP contribution in [0.4, 0.5) is 4.79 Å². The summed E-state index contributed by atoms with van der Waals surface area (Å²) in [6, 6.07) is 12.5. The molecular weight excluding hydrogens is 262 g/mol. The van der Waals surface area contributed by atoms with Crippen LogP contribution in [0, 0.1) is 0 Å². The lowest BCUT2D eigenvalue weighted by Crippen LogP contribution is -2.43. The van der Waals surface area contributed by atoms with Gasteiger partial charge < -0.3 is 14.8 Å². The van der Waals surface area contributed by atoms with Gasteiger partial charge in [0.15, 0.2) is 0 Å². The molecule has 21 heavy (non-hydrogen) atoms. The normalized spacial score (nSPS) is 17.1. The Hall–Kier alpha value is -2.23. The zero-order chi connectivity index (χ0) is 15.0. The Labute approximate surface area is 125 Å². The largest absolute Gasteiger partial charge is 0.336 e. The summed E-state index contributed by atoms with van der Waals surface area (Å²) in [4.78, 5) is 14.4. The average molecular weight is 283 g/mol. The molecule has 0 bridgehead atoms. The third kappa shape index (κ3) is 2.42. The Balaban J connectivity index is 2.06. The molecule has 0 spiro atoms. The van der Waals surface area contributed by atoms with Gasteiger partial charge in [-0.25, -0.2) is 4.79 Å². The monoisotopic (exact) mass is 283 g/mol. The van der Waals surface area contributed by atoms with Gasteiger partial charge in [-0.05, 0) is 44.5 Å². The van der Waals surface area contributed by atoms with Gasteiger partial charge in [-0.2, -0.15) is 0 Å². The van der Waals surface area contributed by atoms with Crippen LogP contribution >= 0.6 is 0 Å². The van der Waals surface area contributed by atoms with Crippen molar-refractivity contribution < 1.29 is 4.79 Å². The van der Waals surface area contributed by atoms with Crippen LogP contribution in [0.5, 0.6) is 0 Å². The lowest BCUT2D eigenvalue weighted by atomic mass is 10.1. The SMILES string of the molecule is CC(C)NC(=O)N1Cc2ccccc2-n2cccc2[C@@H]1C. The van der Waals surface area contributed by atoms with Crippen molar-refractivity contribution in [1.82, 2.24) is 14.8 Å². The molecule has 3 rings (SSSR count). The van der Waals surface area contributed by atoms with E-state index in [-0.39, 0.29) is 18.1 Å². The number of fused-ring (bicyclic) bond motifs is 3. The van der Waals surface area contributed by atoms with Crippen LogP contribution < -0.4 is 5.32 Å². The second kappa shape index (κ2) is 5.28. The van der Waals surface area contributed by atoms with Crippen molar-refractivity contribution in [3.05, 3.63) is 53.9 Å². The summed E-state index contributed by atoms with van der Waals surface area (Å²) in [5.74, 6) is 0. The molecule has 0 saturated heterocycles. The molecule has 4 nitrogen and oxygen atoms in total. The van der Waals surface area contributed by atoms with Crippen LogP contribution in [-0.4, -0.2) is 21.5 Å². The highest BCUT2D eigenvalue weighted by atomic mass is 16.2. The maximum atomic E-state index is 12.5. The molecule has 1 aromatic heterocycles. The first-order valence-electron chi connectivity index (χ1n) is 7.40. The van der Waals surface area contributed by atoms with Gasteiger partial charge >= 0.3 is 6.03 Å². The highest BCUT2D eigenvalue weighted by molar-refractivity contribution is 5.75. The quantitative estimate of drug-likeness (QED) is 0.855. The number of benzene rings is 1. The maximum absolute atomic E-state index is 12.5. The van der Waals surface area contributed by atoms with Crippen LogP contribution in [0.2, 0.25) is 0 Å². The molecule has 1 aliphatic heterocycles. The second-order valence-electron chi connectivity index (χ2n) is 5.84. The molecule has 2 amide bonds. The standard InChI is InChI=1S/C17H21N3O/c1-12(2)18-17(21)20-11-14-7-4-5-8-16(14)19-10-6-9-15(19)13(20)3/h4-10,12-13H,11H2,1-3H3,(H,18,21)/t13-/m0/s1. The van der Waals surface area contributed by atoms with Crippen molar-refractivity contribution in [2.45, 2.75) is 39.4 Å². The van der Waals surface area contributed by atoms with E-state index in [1.807, 2.05) is 36.9 Å². The summed E-state index contributed by atoms with van der Waals surface area (Å²) in [6.07, 6.45) is 2.06. The number of rotatable bonds is 1. The fourth-order valence-corrected chi connectivity index (χ4v) is 2.89. The predicted molar refractivity (Wildman–Crippen MR) is 83.4 cm³/mol. The summed E-state index contributed by atoms with van der Waals surface area (Å²) in [7, 11) is 0. The van der Waals surface area contributed by atoms with E-state index in [1.54, 1.807) is 0 Å². The molecule has 2 heterocycles. The zero-order valence-electron chi connectivity index (χ0n) is 12.7. The number of aromatic nitrogens is 1. The zero-order valence-corrected chi connectivity index (χ0v) is 12.7. The lowest BCUT2D eigenvalue weighted by molar-refractivity contribution is 0.173. The molecule has 110 valence electrons. The van der Waals surface area contributed by atoms with Gasteiger partial charge in [0.05, 0.1) is 18.3 Å². The molecule has 1 aliphatic rings. The van der Waals surface area contributed by atoms with Gasteiger partial charge in [-0.3, -0.25) is 0 Å². The van der Waals surface area contributed by atoms with Gasteiger partial charge in [-0.15, -0.1) is 0 Å². The van der Waals surface area contributed by atoms with E-state index in [4.69, 9.17) is 0 Å². The Morgan fingerprint density at radius 2 is 2.00 bits per heavy atom. The molecule has 0 unspecified atom stereocenters. The number of nitrogens with one attached hydrogen (secondary N) is 1. The van der Waals surface area contributed by atoms with Gasteiger partial charge in [0, 0.05) is 17.9 Å². The van der Waals surface area contributed by atoms with Gasteiger partial charge in [0.2, 0.25) is 0 Å². The Morgan fingerprint density at radius 3 is 2.76 bits per heavy atom. The number of carbonyl (C=O) groups excluding carboxylic acids is 1. The fraction of sp³-hybridized carbons (Fsp3) is 0.353. The average Bonchev–Trinajstić information content (AvgIpc) is 2.88. The van der Waals surface area contributed by atoms with Crippen LogP contribution in [0.15, 0.2) is 42.6 Å². The van der Waals surface area contributed by atoms with E-state index < -0.39 is 0 Å². The summed E-state index contributed by atoms with van der Waals surface area (Å²) in [5, 5.41) is 3.00. The first kappa shape index (κ1) is 13.7. The molecule has 0 saturated carbocycles. The van der Waals surface area contributed by atoms with Crippen LogP contribution in [0.1, 0.15) is 38.1 Å². The number of carbonyl (C=O) groups is 1. The number of para-hydroxylation sites is 1. The van der Waals surface area contributed by atoms with Gasteiger partial charge in [0.25, 0.3) is 0 Å². The number of nitrogens with zero attached hydrogens (tertiary/aromatic N) is 2. The number of hydrogen-bond acceptors (Lipinski definition) is 1. The van der Waals surface area contributed by atoms with Gasteiger partial charge in [-0.1, -0.05) is 18.2 Å². The van der Waals surface area contributed by atoms with E-state index >= 15 is 0 Å². The highest BCUT2D eigenvalue weighted by Crippen LogP contribution is 2.31. The maximum Gasteiger partial charge on any atom is 0.318 e. The van der Waals surface area contributed by atoms with Crippen LogP contribution in [0.25, 0.3) is 5.69 Å². The predicted octanol–water partition coefficient (Wildman–Crippen LogP) is 3.47. The van der Waals surface area contributed by atoms with E-state index in [9.17, 15) is 4.79 Å². The molecule has 0 radical (unpaired) electrons. The summed E-state index contributed by atoms with van der Waals surface area (Å²) >= 11 is 0. The van der Waals surface area contributed by atoms with Crippen molar-refractivity contribution in [2.75, 3.05) is 0 Å². The third-order valence-corrected chi connectivity index (χ3v) is 3.94. The Morgan fingerprint density at radius 1 is 1.24 bits per heavy atom. The van der Waals surface area contributed by atoms with Crippen molar-refractivity contribution in [1.29, 1.82) is 0 Å². The highest BCUT2D eigenvalue weighted by Gasteiger charge is 2.28. The van der Waals surface area contributed by atoms with E-state index in [0.29, 0.717) is 6.54 Å². The molecule has 1 atom stereocenters. The van der Waals surface area contributed by atoms with Crippen molar-refractivity contribution in [2.24, 2.45) is 0 Å². The molecule has 2 aromatic rings. The van der Waals surface area contributed by atoms with E-state index in [0.717, 1.165) is 11.4 Å². The summed E-state index contributed by atoms with van der Waals surface area (Å²) in [6.45, 7) is 6.67. The second-order valence-corrected chi connectivity index (χ2v) is 5.84. The smallest absolute Gasteiger partial charge is 0.318 e. The summed E-state index contributed by atoms with van der Waals surface area (Å²) < 4.78 is 2.18. The van der Waals surface area contributed by atoms with Crippen LogP contribution in [0.3, 0.4) is 0 Å². The Bertz CT molecular complexity index is 660. The molecule has 0 fully saturated rings. The molecular formula is C17H21N3O. The minimum atomic E-state index is -0.0121. The molecule has 0 aliphatic carbocycles. The number of hydrogen-bond donors (Lipinski definition) is 1. The number of amides is 2. The molecule has 1 aromatic carbocycles. The summed E-state index contributed by atoms with van der Waals surface area (Å²) in [5.41, 5.74) is 3.46. The molecule has 1 N–H and O–H groups in total. The Kier molecular flexibility index (Phi) is 3.45. The van der Waals surface area contributed by atoms with Crippen molar-refractivity contribution in [3.8, 4) is 5.69 Å². The van der Waals surface area contributed by atoms with E-state index in [2.05, 4.69) is 41.2 Å². The minimum absolute atomic E-state index is 0.0121. The lowest BCUT2D eigenvalue weighted by Gasteiger charge is -2.28. The van der Waals surface area contributed by atoms with Crippen molar-refractivity contribution >= 4 is 6.03 Å². The van der Waals surface area contributed by atoms with Crippen LogP contribution in [-0.2, 0) is 6.54 Å². The fourth-order valence-electron chi connectivity index (χ4n) is 2.89. The minimum Gasteiger partial charge on any atom is -0.336 e. The third-order valence-electron chi connectivity index (χ3n) is 3.94. The number of urea groups is 1. The first-order chi connectivity index (χ1) is 10.1.